The van der Waals surface area contributed by atoms with Crippen LogP contribution in [0.4, 0.5) is 5.69 Å². The lowest BCUT2D eigenvalue weighted by atomic mass is 10.2. The summed E-state index contributed by atoms with van der Waals surface area (Å²) in [6.45, 7) is 0.636. The molecule has 0 fully saturated rings. The molecule has 3 N–H and O–H groups in total. The van der Waals surface area contributed by atoms with E-state index in [-0.39, 0.29) is 0 Å². The number of carbonyl (C=O) groups excluding carboxylic acids is 1. The minimum absolute atomic E-state index is 0.311. The molecule has 2 aromatic rings. The molecule has 2 rings (SSSR count). The second kappa shape index (κ2) is 5.61. The summed E-state index contributed by atoms with van der Waals surface area (Å²) in [7, 11) is 0. The van der Waals surface area contributed by atoms with Gasteiger partial charge in [-0.15, -0.1) is 11.3 Å². The van der Waals surface area contributed by atoms with Crippen LogP contribution < -0.4 is 11.1 Å². The largest absolute Gasteiger partial charge is 0.380 e. The number of rotatable bonds is 4. The second-order valence-corrected chi connectivity index (χ2v) is 5.48. The van der Waals surface area contributed by atoms with E-state index in [9.17, 15) is 4.79 Å². The average molecular weight is 301 g/mol. The summed E-state index contributed by atoms with van der Waals surface area (Å²) in [5, 5.41) is 6.13. The predicted molar refractivity (Wildman–Crippen MR) is 76.6 cm³/mol. The van der Waals surface area contributed by atoms with Gasteiger partial charge in [0.25, 0.3) is 0 Å². The molecule has 0 atom stereocenters. The summed E-state index contributed by atoms with van der Waals surface area (Å²) in [5.41, 5.74) is 6.33. The van der Waals surface area contributed by atoms with Gasteiger partial charge in [0, 0.05) is 22.5 Å². The molecule has 0 bridgehead atoms. The zero-order valence-electron chi connectivity index (χ0n) is 9.24. The Morgan fingerprint density at radius 2 is 2.11 bits per heavy atom. The minimum Gasteiger partial charge on any atom is -0.380 e. The first kappa shape index (κ1) is 13.2. The molecule has 0 aliphatic heterocycles. The maximum Gasteiger partial charge on any atom is 0.250 e. The van der Waals surface area contributed by atoms with E-state index >= 15 is 0 Å². The van der Waals surface area contributed by atoms with Crippen LogP contribution in [0.15, 0.2) is 29.6 Å². The molecule has 0 unspecified atom stereocenters. The van der Waals surface area contributed by atoms with Gasteiger partial charge in [0.1, 0.15) is 0 Å². The van der Waals surface area contributed by atoms with E-state index in [1.165, 1.54) is 0 Å². The van der Waals surface area contributed by atoms with Crippen molar-refractivity contribution in [1.29, 1.82) is 0 Å². The lowest BCUT2D eigenvalue weighted by molar-refractivity contribution is 0.100. The Morgan fingerprint density at radius 1 is 1.33 bits per heavy atom. The standard InChI is InChI=1S/C12H10Cl2N2OS/c13-7-3-9(18-6-7)5-16-8-1-2-11(14)10(4-8)12(15)17/h1-4,6,16H,5H2,(H2,15,17). The van der Waals surface area contributed by atoms with E-state index in [2.05, 4.69) is 5.32 Å². The predicted octanol–water partition coefficient (Wildman–Crippen LogP) is 3.77. The fourth-order valence-electron chi connectivity index (χ4n) is 1.46. The van der Waals surface area contributed by atoms with E-state index in [0.29, 0.717) is 17.1 Å². The number of nitrogens with one attached hydrogen (secondary N) is 1. The molecule has 0 saturated carbocycles. The molecule has 1 heterocycles. The molecule has 0 aliphatic rings. The van der Waals surface area contributed by atoms with Gasteiger partial charge >= 0.3 is 0 Å². The SMILES string of the molecule is NC(=O)c1cc(NCc2cc(Cl)cs2)ccc1Cl. The van der Waals surface area contributed by atoms with Crippen molar-refractivity contribution in [2.75, 3.05) is 5.32 Å². The first-order valence-corrected chi connectivity index (χ1v) is 6.76. The van der Waals surface area contributed by atoms with Crippen molar-refractivity contribution in [3.63, 3.8) is 0 Å². The lowest BCUT2D eigenvalue weighted by Crippen LogP contribution is -2.12. The topological polar surface area (TPSA) is 55.1 Å². The number of halogens is 2. The maximum absolute atomic E-state index is 11.1. The van der Waals surface area contributed by atoms with E-state index in [0.717, 1.165) is 15.6 Å². The van der Waals surface area contributed by atoms with Crippen molar-refractivity contribution < 1.29 is 4.79 Å². The number of hydrogen-bond acceptors (Lipinski definition) is 3. The fraction of sp³-hybridized carbons (Fsp3) is 0.0833. The summed E-state index contributed by atoms with van der Waals surface area (Å²) in [6, 6.07) is 6.97. The molecule has 6 heteroatoms. The molecule has 18 heavy (non-hydrogen) atoms. The number of nitrogens with two attached hydrogens (primary N) is 1. The number of carbonyl (C=O) groups is 1. The van der Waals surface area contributed by atoms with Crippen LogP contribution in [0.3, 0.4) is 0 Å². The van der Waals surface area contributed by atoms with Crippen molar-refractivity contribution in [2.45, 2.75) is 6.54 Å². The van der Waals surface area contributed by atoms with Gasteiger partial charge in [0.15, 0.2) is 0 Å². The Kier molecular flexibility index (Phi) is 4.11. The molecular formula is C12H10Cl2N2OS. The molecule has 0 spiro atoms. The molecule has 1 amide bonds. The van der Waals surface area contributed by atoms with Gasteiger partial charge in [-0.2, -0.15) is 0 Å². The molecule has 0 radical (unpaired) electrons. The van der Waals surface area contributed by atoms with Gasteiger partial charge in [-0.1, -0.05) is 23.2 Å². The molecule has 0 saturated heterocycles. The Morgan fingerprint density at radius 3 is 2.72 bits per heavy atom. The number of benzene rings is 1. The van der Waals surface area contributed by atoms with Crippen LogP contribution >= 0.6 is 34.5 Å². The third kappa shape index (κ3) is 3.16. The Balaban J connectivity index is 2.10. The molecule has 1 aromatic heterocycles. The molecule has 94 valence electrons. The van der Waals surface area contributed by atoms with Crippen molar-refractivity contribution in [3.8, 4) is 0 Å². The van der Waals surface area contributed by atoms with Gasteiger partial charge in [-0.25, -0.2) is 0 Å². The number of hydrogen-bond donors (Lipinski definition) is 2. The van der Waals surface area contributed by atoms with Crippen LogP contribution in [0, 0.1) is 0 Å². The van der Waals surface area contributed by atoms with Gasteiger partial charge in [-0.05, 0) is 24.3 Å². The van der Waals surface area contributed by atoms with E-state index in [1.54, 1.807) is 29.5 Å². The first-order chi connectivity index (χ1) is 8.56. The Bertz CT molecular complexity index is 583. The van der Waals surface area contributed by atoms with Crippen molar-refractivity contribution in [3.05, 3.63) is 50.1 Å². The molecule has 3 nitrogen and oxygen atoms in total. The number of amides is 1. The van der Waals surface area contributed by atoms with Gasteiger partial charge < -0.3 is 11.1 Å². The van der Waals surface area contributed by atoms with Crippen molar-refractivity contribution in [1.82, 2.24) is 0 Å². The van der Waals surface area contributed by atoms with E-state index in [1.807, 2.05) is 11.4 Å². The highest BCUT2D eigenvalue weighted by Crippen LogP contribution is 2.23. The minimum atomic E-state index is -0.539. The monoisotopic (exact) mass is 300 g/mol. The number of primary amides is 1. The highest BCUT2D eigenvalue weighted by Gasteiger charge is 2.07. The smallest absolute Gasteiger partial charge is 0.250 e. The van der Waals surface area contributed by atoms with Gasteiger partial charge in [0.05, 0.1) is 15.6 Å². The summed E-state index contributed by atoms with van der Waals surface area (Å²) in [6.07, 6.45) is 0. The third-order valence-electron chi connectivity index (χ3n) is 2.32. The van der Waals surface area contributed by atoms with Crippen LogP contribution in [0.1, 0.15) is 15.2 Å². The second-order valence-electron chi connectivity index (χ2n) is 3.64. The summed E-state index contributed by atoms with van der Waals surface area (Å²) >= 11 is 13.3. The average Bonchev–Trinajstić information content (AvgIpc) is 2.74. The van der Waals surface area contributed by atoms with E-state index in [4.69, 9.17) is 28.9 Å². The Labute approximate surface area is 119 Å². The summed E-state index contributed by atoms with van der Waals surface area (Å²) < 4.78 is 0. The number of anilines is 1. The normalized spacial score (nSPS) is 10.3. The van der Waals surface area contributed by atoms with Gasteiger partial charge in [0.2, 0.25) is 5.91 Å². The molecule has 0 aliphatic carbocycles. The zero-order valence-corrected chi connectivity index (χ0v) is 11.6. The van der Waals surface area contributed by atoms with Crippen LogP contribution in [0.2, 0.25) is 10.0 Å². The molecule has 1 aromatic carbocycles. The zero-order chi connectivity index (χ0) is 13.1. The summed E-state index contributed by atoms with van der Waals surface area (Å²) in [5.74, 6) is -0.539. The van der Waals surface area contributed by atoms with Gasteiger partial charge in [-0.3, -0.25) is 4.79 Å². The van der Waals surface area contributed by atoms with Crippen LogP contribution in [-0.2, 0) is 6.54 Å². The van der Waals surface area contributed by atoms with Crippen molar-refractivity contribution in [2.24, 2.45) is 5.73 Å². The third-order valence-corrected chi connectivity index (χ3v) is 3.93. The first-order valence-electron chi connectivity index (χ1n) is 5.12. The number of thiophene rings is 1. The molecular weight excluding hydrogens is 291 g/mol. The summed E-state index contributed by atoms with van der Waals surface area (Å²) in [4.78, 5) is 12.3. The fourth-order valence-corrected chi connectivity index (χ4v) is 2.68. The van der Waals surface area contributed by atoms with E-state index < -0.39 is 5.91 Å². The van der Waals surface area contributed by atoms with Crippen LogP contribution in [-0.4, -0.2) is 5.91 Å². The van der Waals surface area contributed by atoms with Crippen molar-refractivity contribution >= 4 is 46.1 Å². The quantitative estimate of drug-likeness (QED) is 0.903. The van der Waals surface area contributed by atoms with Crippen LogP contribution in [0.25, 0.3) is 0 Å². The lowest BCUT2D eigenvalue weighted by Gasteiger charge is -2.07. The highest BCUT2D eigenvalue weighted by molar-refractivity contribution is 7.10. The Hall–Kier alpha value is -1.23. The highest BCUT2D eigenvalue weighted by atomic mass is 35.5. The maximum atomic E-state index is 11.1. The van der Waals surface area contributed by atoms with Crippen LogP contribution in [0.5, 0.6) is 0 Å².